The molecule has 0 aliphatic rings. The number of hydrogen-bond acceptors (Lipinski definition) is 5. The maximum Gasteiger partial charge on any atom is 0.234 e. The lowest BCUT2D eigenvalue weighted by Gasteiger charge is -2.05. The highest BCUT2D eigenvalue weighted by Gasteiger charge is 2.05. The maximum atomic E-state index is 11.7. The van der Waals surface area contributed by atoms with Gasteiger partial charge in [0.15, 0.2) is 4.34 Å². The van der Waals surface area contributed by atoms with Crippen molar-refractivity contribution in [2.45, 2.75) is 24.1 Å². The predicted molar refractivity (Wildman–Crippen MR) is 79.7 cm³/mol. The molecular formula is C13H15N3OS2. The smallest absolute Gasteiger partial charge is 0.234 e. The van der Waals surface area contributed by atoms with Crippen LogP contribution in [0, 0.1) is 0 Å². The van der Waals surface area contributed by atoms with Crippen LogP contribution in [0.5, 0.6) is 0 Å². The summed E-state index contributed by atoms with van der Waals surface area (Å²) in [4.78, 5) is 11.7. The highest BCUT2D eigenvalue weighted by molar-refractivity contribution is 8.01. The van der Waals surface area contributed by atoms with Crippen molar-refractivity contribution in [3.8, 4) is 0 Å². The van der Waals surface area contributed by atoms with Gasteiger partial charge in [-0.05, 0) is 24.1 Å². The van der Waals surface area contributed by atoms with Gasteiger partial charge in [0.05, 0.1) is 5.75 Å². The minimum atomic E-state index is -0.0246. The second-order valence-electron chi connectivity index (χ2n) is 3.99. The largest absolute Gasteiger partial charge is 0.325 e. The molecule has 1 heterocycles. The topological polar surface area (TPSA) is 54.9 Å². The van der Waals surface area contributed by atoms with Crippen molar-refractivity contribution >= 4 is 34.7 Å². The summed E-state index contributed by atoms with van der Waals surface area (Å²) in [6.45, 7) is 2.15. The van der Waals surface area contributed by atoms with E-state index >= 15 is 0 Å². The van der Waals surface area contributed by atoms with Crippen LogP contribution in [-0.4, -0.2) is 21.9 Å². The molecule has 0 spiro atoms. The Hall–Kier alpha value is -1.40. The van der Waals surface area contributed by atoms with E-state index in [1.165, 1.54) is 28.7 Å². The molecule has 1 aromatic carbocycles. The zero-order valence-electron chi connectivity index (χ0n) is 10.6. The van der Waals surface area contributed by atoms with Gasteiger partial charge in [0.1, 0.15) is 5.51 Å². The molecule has 4 nitrogen and oxygen atoms in total. The van der Waals surface area contributed by atoms with Crippen LogP contribution in [0.15, 0.2) is 34.1 Å². The van der Waals surface area contributed by atoms with Crippen LogP contribution in [0.25, 0.3) is 0 Å². The zero-order valence-corrected chi connectivity index (χ0v) is 12.3. The first kappa shape index (κ1) is 14.0. The molecule has 1 aromatic heterocycles. The summed E-state index contributed by atoms with van der Waals surface area (Å²) >= 11 is 2.84. The second-order valence-corrected chi connectivity index (χ2v) is 6.04. The summed E-state index contributed by atoms with van der Waals surface area (Å²) in [5.41, 5.74) is 3.79. The molecule has 0 atom stereocenters. The molecule has 2 aromatic rings. The molecule has 0 saturated heterocycles. The number of benzene rings is 1. The molecule has 0 aliphatic heterocycles. The average molecular weight is 293 g/mol. The summed E-state index contributed by atoms with van der Waals surface area (Å²) in [5, 5.41) is 10.5. The van der Waals surface area contributed by atoms with Crippen LogP contribution in [0.3, 0.4) is 0 Å². The lowest BCUT2D eigenvalue weighted by Crippen LogP contribution is -2.13. The summed E-state index contributed by atoms with van der Waals surface area (Å²) in [6.07, 6.45) is 2.20. The number of carbonyl (C=O) groups excluding carboxylic acids is 1. The van der Waals surface area contributed by atoms with Gasteiger partial charge < -0.3 is 5.32 Å². The number of carbonyl (C=O) groups is 1. The van der Waals surface area contributed by atoms with Crippen LogP contribution in [0.1, 0.15) is 18.9 Å². The SMILES string of the molecule is CCCc1ccc(NC(=O)CSc2nncs2)cc1. The Morgan fingerprint density at radius 2 is 2.16 bits per heavy atom. The molecule has 19 heavy (non-hydrogen) atoms. The third-order valence-electron chi connectivity index (χ3n) is 2.44. The number of nitrogens with zero attached hydrogens (tertiary/aromatic N) is 2. The first-order chi connectivity index (χ1) is 9.28. The van der Waals surface area contributed by atoms with Gasteiger partial charge in [-0.2, -0.15) is 0 Å². The molecule has 0 aliphatic carbocycles. The summed E-state index contributed by atoms with van der Waals surface area (Å²) in [7, 11) is 0. The first-order valence-corrected chi connectivity index (χ1v) is 7.92. The standard InChI is InChI=1S/C13H15N3OS2/c1-2-3-10-4-6-11(7-5-10)15-12(17)8-18-13-16-14-9-19-13/h4-7,9H,2-3,8H2,1H3,(H,15,17). The monoisotopic (exact) mass is 293 g/mol. The normalized spacial score (nSPS) is 10.4. The van der Waals surface area contributed by atoms with Gasteiger partial charge >= 0.3 is 0 Å². The summed E-state index contributed by atoms with van der Waals surface area (Å²) in [6, 6.07) is 7.99. The molecule has 1 N–H and O–H groups in total. The van der Waals surface area contributed by atoms with Crippen LogP contribution in [0.2, 0.25) is 0 Å². The van der Waals surface area contributed by atoms with E-state index in [1.54, 1.807) is 5.51 Å². The Morgan fingerprint density at radius 3 is 2.79 bits per heavy atom. The van der Waals surface area contributed by atoms with Crippen molar-refractivity contribution in [2.75, 3.05) is 11.1 Å². The van der Waals surface area contributed by atoms with E-state index in [-0.39, 0.29) is 5.91 Å². The van der Waals surface area contributed by atoms with Crippen LogP contribution in [-0.2, 0) is 11.2 Å². The Labute approximate surface area is 120 Å². The fraction of sp³-hybridized carbons (Fsp3) is 0.308. The van der Waals surface area contributed by atoms with Crippen molar-refractivity contribution in [3.05, 3.63) is 35.3 Å². The van der Waals surface area contributed by atoms with E-state index in [2.05, 4.69) is 34.6 Å². The van der Waals surface area contributed by atoms with Gasteiger partial charge in [0.25, 0.3) is 0 Å². The Bertz CT molecular complexity index is 511. The van der Waals surface area contributed by atoms with Gasteiger partial charge in [-0.25, -0.2) is 0 Å². The third-order valence-corrected chi connectivity index (χ3v) is 4.30. The van der Waals surface area contributed by atoms with Gasteiger partial charge in [-0.15, -0.1) is 10.2 Å². The molecule has 2 rings (SSSR count). The molecule has 0 fully saturated rings. The Morgan fingerprint density at radius 1 is 1.37 bits per heavy atom. The predicted octanol–water partition coefficient (Wildman–Crippen LogP) is 3.22. The number of nitrogens with one attached hydrogen (secondary N) is 1. The van der Waals surface area contributed by atoms with Crippen LogP contribution in [0.4, 0.5) is 5.69 Å². The van der Waals surface area contributed by atoms with E-state index in [9.17, 15) is 4.79 Å². The van der Waals surface area contributed by atoms with E-state index in [0.29, 0.717) is 5.75 Å². The molecule has 0 bridgehead atoms. The van der Waals surface area contributed by atoms with Crippen molar-refractivity contribution in [1.29, 1.82) is 0 Å². The Kier molecular flexibility index (Phi) is 5.35. The number of amides is 1. The lowest BCUT2D eigenvalue weighted by atomic mass is 10.1. The zero-order chi connectivity index (χ0) is 13.5. The third kappa shape index (κ3) is 4.65. The van der Waals surface area contributed by atoms with Crippen molar-refractivity contribution in [3.63, 3.8) is 0 Å². The molecule has 0 saturated carbocycles. The molecule has 6 heteroatoms. The fourth-order valence-electron chi connectivity index (χ4n) is 1.59. The molecule has 100 valence electrons. The van der Waals surface area contributed by atoms with E-state index < -0.39 is 0 Å². The van der Waals surface area contributed by atoms with Gasteiger partial charge in [-0.1, -0.05) is 48.6 Å². The minimum Gasteiger partial charge on any atom is -0.325 e. The Balaban J connectivity index is 1.81. The molecule has 1 amide bonds. The first-order valence-electron chi connectivity index (χ1n) is 6.05. The molecule has 0 unspecified atom stereocenters. The number of thioether (sulfide) groups is 1. The van der Waals surface area contributed by atoms with Crippen LogP contribution < -0.4 is 5.32 Å². The van der Waals surface area contributed by atoms with Gasteiger partial charge in [-0.3, -0.25) is 4.79 Å². The second kappa shape index (κ2) is 7.25. The number of hydrogen-bond donors (Lipinski definition) is 1. The van der Waals surface area contributed by atoms with E-state index in [0.717, 1.165) is 22.9 Å². The highest BCUT2D eigenvalue weighted by atomic mass is 32.2. The lowest BCUT2D eigenvalue weighted by molar-refractivity contribution is -0.113. The van der Waals surface area contributed by atoms with E-state index in [1.807, 2.05) is 12.1 Å². The summed E-state index contributed by atoms with van der Waals surface area (Å²) in [5.74, 6) is 0.328. The number of aromatic nitrogens is 2. The number of aryl methyl sites for hydroxylation is 1. The molecular weight excluding hydrogens is 278 g/mol. The summed E-state index contributed by atoms with van der Waals surface area (Å²) < 4.78 is 0.813. The van der Waals surface area contributed by atoms with Gasteiger partial charge in [0.2, 0.25) is 5.91 Å². The minimum absolute atomic E-state index is 0.0246. The number of rotatable bonds is 6. The average Bonchev–Trinajstić information content (AvgIpc) is 2.92. The van der Waals surface area contributed by atoms with Crippen molar-refractivity contribution in [2.24, 2.45) is 0 Å². The quantitative estimate of drug-likeness (QED) is 0.831. The van der Waals surface area contributed by atoms with Crippen LogP contribution >= 0.6 is 23.1 Å². The van der Waals surface area contributed by atoms with Crippen molar-refractivity contribution < 1.29 is 4.79 Å². The fourth-order valence-corrected chi connectivity index (χ4v) is 2.88. The number of anilines is 1. The highest BCUT2D eigenvalue weighted by Crippen LogP contribution is 2.19. The molecule has 0 radical (unpaired) electrons. The maximum absolute atomic E-state index is 11.7. The van der Waals surface area contributed by atoms with Gasteiger partial charge in [0, 0.05) is 5.69 Å². The van der Waals surface area contributed by atoms with E-state index in [4.69, 9.17) is 0 Å². The van der Waals surface area contributed by atoms with Crippen molar-refractivity contribution in [1.82, 2.24) is 10.2 Å².